The second kappa shape index (κ2) is 7.51. The van der Waals surface area contributed by atoms with Crippen LogP contribution in [0.3, 0.4) is 0 Å². The summed E-state index contributed by atoms with van der Waals surface area (Å²) >= 11 is 0. The summed E-state index contributed by atoms with van der Waals surface area (Å²) in [7, 11) is 1.55. The lowest BCUT2D eigenvalue weighted by Crippen LogP contribution is -2.16. The molecule has 25 heavy (non-hydrogen) atoms. The number of Topliss-reactive ketones (excluding diaryl/α,β-unsaturated/α-hetero) is 1. The highest BCUT2D eigenvalue weighted by Gasteiger charge is 2.14. The first kappa shape index (κ1) is 18.7. The number of ketones is 1. The van der Waals surface area contributed by atoms with Crippen LogP contribution in [-0.2, 0) is 16.6 Å². The number of carbonyl (C=O) groups excluding carboxylic acids is 2. The number of methoxy groups -OCH3 is 1. The number of carbonyl (C=O) groups is 2. The molecular formula is C21H25NO3. The van der Waals surface area contributed by atoms with Gasteiger partial charge in [-0.1, -0.05) is 32.9 Å². The Morgan fingerprint density at radius 2 is 1.68 bits per heavy atom. The maximum atomic E-state index is 12.4. The lowest BCUT2D eigenvalue weighted by Gasteiger charge is -2.19. The van der Waals surface area contributed by atoms with Gasteiger partial charge in [0.15, 0.2) is 5.78 Å². The van der Waals surface area contributed by atoms with E-state index in [0.717, 1.165) is 5.69 Å². The number of nitrogens with one attached hydrogen (secondary N) is 1. The first-order valence-electron chi connectivity index (χ1n) is 8.29. The minimum atomic E-state index is -0.150. The minimum absolute atomic E-state index is 0.0397. The molecule has 1 amide bonds. The van der Waals surface area contributed by atoms with Crippen molar-refractivity contribution in [1.29, 1.82) is 0 Å². The number of ether oxygens (including phenoxy) is 1. The van der Waals surface area contributed by atoms with E-state index in [1.54, 1.807) is 25.3 Å². The molecule has 0 radical (unpaired) electrons. The normalized spacial score (nSPS) is 11.1. The third-order valence-electron chi connectivity index (χ3n) is 4.07. The van der Waals surface area contributed by atoms with Crippen LogP contribution >= 0.6 is 0 Å². The maximum Gasteiger partial charge on any atom is 0.228 e. The van der Waals surface area contributed by atoms with Crippen LogP contribution < -0.4 is 10.1 Å². The number of anilines is 1. The van der Waals surface area contributed by atoms with Gasteiger partial charge < -0.3 is 10.1 Å². The quantitative estimate of drug-likeness (QED) is 0.823. The zero-order valence-corrected chi connectivity index (χ0v) is 15.5. The predicted octanol–water partition coefficient (Wildman–Crippen LogP) is 4.38. The number of hydrogen-bond acceptors (Lipinski definition) is 3. The largest absolute Gasteiger partial charge is 0.496 e. The lowest BCUT2D eigenvalue weighted by atomic mass is 9.87. The van der Waals surface area contributed by atoms with Gasteiger partial charge in [-0.3, -0.25) is 9.59 Å². The monoisotopic (exact) mass is 339 g/mol. The summed E-state index contributed by atoms with van der Waals surface area (Å²) in [6.45, 7) is 7.95. The molecule has 0 bridgehead atoms. The fourth-order valence-corrected chi connectivity index (χ4v) is 2.57. The molecular weight excluding hydrogens is 314 g/mol. The Hall–Kier alpha value is -2.62. The number of hydrogen-bond donors (Lipinski definition) is 1. The molecule has 0 aliphatic rings. The van der Waals surface area contributed by atoms with Gasteiger partial charge in [-0.25, -0.2) is 0 Å². The molecule has 0 atom stereocenters. The summed E-state index contributed by atoms with van der Waals surface area (Å²) in [5, 5.41) is 2.89. The second-order valence-corrected chi connectivity index (χ2v) is 7.14. The van der Waals surface area contributed by atoms with E-state index < -0.39 is 0 Å². The third kappa shape index (κ3) is 4.92. The zero-order valence-electron chi connectivity index (χ0n) is 15.5. The molecule has 0 spiro atoms. The van der Waals surface area contributed by atoms with Crippen molar-refractivity contribution in [3.05, 3.63) is 59.2 Å². The third-order valence-corrected chi connectivity index (χ3v) is 4.07. The van der Waals surface area contributed by atoms with Crippen LogP contribution in [-0.4, -0.2) is 18.8 Å². The van der Waals surface area contributed by atoms with Gasteiger partial charge in [-0.15, -0.1) is 0 Å². The molecule has 0 saturated heterocycles. The molecule has 4 nitrogen and oxygen atoms in total. The summed E-state index contributed by atoms with van der Waals surface area (Å²) in [4.78, 5) is 23.9. The van der Waals surface area contributed by atoms with Gasteiger partial charge in [-0.2, -0.15) is 0 Å². The van der Waals surface area contributed by atoms with E-state index in [1.165, 1.54) is 12.5 Å². The average molecular weight is 339 g/mol. The summed E-state index contributed by atoms with van der Waals surface area (Å²) < 4.78 is 5.29. The molecule has 132 valence electrons. The van der Waals surface area contributed by atoms with Gasteiger partial charge >= 0.3 is 0 Å². The molecule has 0 heterocycles. The van der Waals surface area contributed by atoms with Gasteiger partial charge in [0.05, 0.1) is 13.5 Å². The molecule has 0 unspecified atom stereocenters. The lowest BCUT2D eigenvalue weighted by molar-refractivity contribution is -0.115. The summed E-state index contributed by atoms with van der Waals surface area (Å²) in [5.41, 5.74) is 3.29. The van der Waals surface area contributed by atoms with Gasteiger partial charge in [0.1, 0.15) is 5.75 Å². The van der Waals surface area contributed by atoms with Gasteiger partial charge in [0.2, 0.25) is 5.91 Å². The summed E-state index contributed by atoms with van der Waals surface area (Å²) in [6, 6.07) is 13.0. The van der Waals surface area contributed by atoms with E-state index in [-0.39, 0.29) is 23.5 Å². The highest BCUT2D eigenvalue weighted by molar-refractivity contribution is 5.96. The maximum absolute atomic E-state index is 12.4. The zero-order chi connectivity index (χ0) is 18.6. The molecule has 4 heteroatoms. The van der Waals surface area contributed by atoms with Crippen molar-refractivity contribution in [2.24, 2.45) is 0 Å². The van der Waals surface area contributed by atoms with Crippen LogP contribution in [0, 0.1) is 0 Å². The Morgan fingerprint density at radius 1 is 1.04 bits per heavy atom. The Kier molecular flexibility index (Phi) is 5.62. The van der Waals surface area contributed by atoms with Crippen LogP contribution in [0.2, 0.25) is 0 Å². The predicted molar refractivity (Wildman–Crippen MR) is 100 cm³/mol. The molecule has 0 aromatic heterocycles. The summed E-state index contributed by atoms with van der Waals surface area (Å²) in [5.74, 6) is 0.410. The Morgan fingerprint density at radius 3 is 2.20 bits per heavy atom. The van der Waals surface area contributed by atoms with E-state index in [1.807, 2.05) is 24.3 Å². The molecule has 2 aromatic carbocycles. The number of amides is 1. The Balaban J connectivity index is 2.12. The van der Waals surface area contributed by atoms with Crippen molar-refractivity contribution < 1.29 is 14.3 Å². The van der Waals surface area contributed by atoms with E-state index in [2.05, 4.69) is 26.1 Å². The van der Waals surface area contributed by atoms with Crippen LogP contribution in [0.15, 0.2) is 42.5 Å². The molecule has 0 aliphatic heterocycles. The summed E-state index contributed by atoms with van der Waals surface area (Å²) in [6.07, 6.45) is 0.144. The molecule has 0 saturated carbocycles. The minimum Gasteiger partial charge on any atom is -0.496 e. The van der Waals surface area contributed by atoms with Gasteiger partial charge in [0, 0.05) is 16.8 Å². The van der Waals surface area contributed by atoms with E-state index in [4.69, 9.17) is 4.74 Å². The SMILES string of the molecule is COc1ccc(C(C)=O)cc1CC(=O)Nc1ccc(C(C)(C)C)cc1. The van der Waals surface area contributed by atoms with Crippen molar-refractivity contribution in [1.82, 2.24) is 0 Å². The van der Waals surface area contributed by atoms with Crippen LogP contribution in [0.4, 0.5) is 5.69 Å². The van der Waals surface area contributed by atoms with Gasteiger partial charge in [-0.05, 0) is 48.2 Å². The first-order chi connectivity index (χ1) is 11.7. The standard InChI is InChI=1S/C21H25NO3/c1-14(23)15-6-11-19(25-5)16(12-15)13-20(24)22-18-9-7-17(8-10-18)21(2,3)4/h6-12H,13H2,1-5H3,(H,22,24). The molecule has 1 N–H and O–H groups in total. The smallest absolute Gasteiger partial charge is 0.228 e. The molecule has 0 fully saturated rings. The molecule has 2 rings (SSSR count). The van der Waals surface area contributed by atoms with Gasteiger partial charge in [0.25, 0.3) is 0 Å². The van der Waals surface area contributed by atoms with E-state index in [9.17, 15) is 9.59 Å². The first-order valence-corrected chi connectivity index (χ1v) is 8.29. The fraction of sp³-hybridized carbons (Fsp3) is 0.333. The van der Waals surface area contributed by atoms with Crippen LogP contribution in [0.25, 0.3) is 0 Å². The van der Waals surface area contributed by atoms with Crippen LogP contribution in [0.5, 0.6) is 5.75 Å². The van der Waals surface area contributed by atoms with E-state index in [0.29, 0.717) is 16.9 Å². The fourth-order valence-electron chi connectivity index (χ4n) is 2.57. The molecule has 0 aliphatic carbocycles. The van der Waals surface area contributed by atoms with Crippen molar-refractivity contribution in [3.63, 3.8) is 0 Å². The van der Waals surface area contributed by atoms with Crippen molar-refractivity contribution in [2.75, 3.05) is 12.4 Å². The highest BCUT2D eigenvalue weighted by atomic mass is 16.5. The van der Waals surface area contributed by atoms with Crippen LogP contribution in [0.1, 0.15) is 49.2 Å². The van der Waals surface area contributed by atoms with Crippen molar-refractivity contribution >= 4 is 17.4 Å². The average Bonchev–Trinajstić information content (AvgIpc) is 2.54. The van der Waals surface area contributed by atoms with Crippen molar-refractivity contribution in [2.45, 2.75) is 39.5 Å². The van der Waals surface area contributed by atoms with Crippen molar-refractivity contribution in [3.8, 4) is 5.75 Å². The second-order valence-electron chi connectivity index (χ2n) is 7.14. The Bertz CT molecular complexity index is 771. The van der Waals surface area contributed by atoms with E-state index >= 15 is 0 Å². The molecule has 2 aromatic rings. The Labute approximate surface area is 149 Å². The topological polar surface area (TPSA) is 55.4 Å². The number of rotatable bonds is 5. The highest BCUT2D eigenvalue weighted by Crippen LogP contribution is 2.24. The number of benzene rings is 2.